The fraction of sp³-hybridized carbons (Fsp3) is 0.107. The topological polar surface area (TPSA) is 117 Å². The van der Waals surface area contributed by atoms with E-state index >= 15 is 0 Å². The molecule has 0 unspecified atom stereocenters. The van der Waals surface area contributed by atoms with Crippen LogP contribution in [0.1, 0.15) is 27.2 Å². The van der Waals surface area contributed by atoms with E-state index in [-0.39, 0.29) is 17.9 Å². The molecule has 8 nitrogen and oxygen atoms in total. The zero-order valence-corrected chi connectivity index (χ0v) is 20.2. The van der Waals surface area contributed by atoms with E-state index < -0.39 is 17.9 Å². The average Bonchev–Trinajstić information content (AvgIpc) is 3.55. The predicted molar refractivity (Wildman–Crippen MR) is 138 cm³/mol. The highest BCUT2D eigenvalue weighted by molar-refractivity contribution is 6.30. The third-order valence-electron chi connectivity index (χ3n) is 6.05. The van der Waals surface area contributed by atoms with Crippen LogP contribution in [0.4, 0.5) is 0 Å². The lowest BCUT2D eigenvalue weighted by Crippen LogP contribution is -2.42. The zero-order valence-electron chi connectivity index (χ0n) is 19.5. The molecular formula is C28H22ClN3O5. The van der Waals surface area contributed by atoms with E-state index in [0.29, 0.717) is 22.7 Å². The number of amides is 1. The first-order valence-electron chi connectivity index (χ1n) is 11.5. The lowest BCUT2D eigenvalue weighted by Gasteiger charge is -2.16. The Morgan fingerprint density at radius 2 is 1.78 bits per heavy atom. The summed E-state index contributed by atoms with van der Waals surface area (Å²) in [4.78, 5) is 29.4. The number of imidazole rings is 1. The van der Waals surface area contributed by atoms with Crippen LogP contribution in [0.2, 0.25) is 5.02 Å². The molecule has 0 radical (unpaired) electrons. The van der Waals surface area contributed by atoms with Gasteiger partial charge in [-0.15, -0.1) is 0 Å². The first kappa shape index (κ1) is 24.1. The van der Waals surface area contributed by atoms with Crippen LogP contribution in [-0.4, -0.2) is 37.5 Å². The summed E-state index contributed by atoms with van der Waals surface area (Å²) in [6.45, 7) is 0. The van der Waals surface area contributed by atoms with Crippen molar-refractivity contribution in [2.45, 2.75) is 18.9 Å². The molecular weight excluding hydrogens is 494 g/mol. The van der Waals surface area contributed by atoms with E-state index in [1.165, 1.54) is 6.07 Å². The molecule has 3 N–H and O–H groups in total. The van der Waals surface area contributed by atoms with Gasteiger partial charge >= 0.3 is 5.97 Å². The van der Waals surface area contributed by atoms with Gasteiger partial charge in [0.15, 0.2) is 0 Å². The van der Waals surface area contributed by atoms with Gasteiger partial charge in [0.1, 0.15) is 23.1 Å². The van der Waals surface area contributed by atoms with Crippen molar-refractivity contribution in [3.05, 3.63) is 113 Å². The molecule has 9 heteroatoms. The molecule has 1 atom stereocenters. The Morgan fingerprint density at radius 1 is 1.00 bits per heavy atom. The maximum atomic E-state index is 13.0. The second-order valence-corrected chi connectivity index (χ2v) is 9.08. The van der Waals surface area contributed by atoms with Crippen LogP contribution in [0, 0.1) is 0 Å². The van der Waals surface area contributed by atoms with E-state index in [1.54, 1.807) is 59.5 Å². The maximum Gasteiger partial charge on any atom is 0.326 e. The van der Waals surface area contributed by atoms with Gasteiger partial charge < -0.3 is 24.3 Å². The van der Waals surface area contributed by atoms with Crippen LogP contribution >= 0.6 is 11.6 Å². The SMILES string of the molecule is O=C(N[C@@H](Cc1ccc(O)cc1Cc1ccoc1)C(=O)O)c1cn2cc(-c3ccc(Cl)cc3)ccc2n1. The fourth-order valence-electron chi connectivity index (χ4n) is 4.16. The summed E-state index contributed by atoms with van der Waals surface area (Å²) >= 11 is 5.98. The molecule has 2 aromatic carbocycles. The number of fused-ring (bicyclic) bond motifs is 1. The molecule has 5 rings (SSSR count). The van der Waals surface area contributed by atoms with Crippen molar-refractivity contribution in [2.24, 2.45) is 0 Å². The number of carboxylic acids is 1. The normalized spacial score (nSPS) is 11.9. The van der Waals surface area contributed by atoms with Gasteiger partial charge in [0, 0.05) is 30.3 Å². The number of phenolic OH excluding ortho intramolecular Hbond substituents is 1. The van der Waals surface area contributed by atoms with Crippen molar-refractivity contribution < 1.29 is 24.2 Å². The smallest absolute Gasteiger partial charge is 0.326 e. The number of hydrogen-bond donors (Lipinski definition) is 3. The molecule has 3 heterocycles. The summed E-state index contributed by atoms with van der Waals surface area (Å²) in [5, 5.41) is 23.0. The Morgan fingerprint density at radius 3 is 2.51 bits per heavy atom. The first-order valence-corrected chi connectivity index (χ1v) is 11.8. The summed E-state index contributed by atoms with van der Waals surface area (Å²) in [7, 11) is 0. The highest BCUT2D eigenvalue weighted by atomic mass is 35.5. The number of hydrogen-bond acceptors (Lipinski definition) is 5. The third kappa shape index (κ3) is 5.49. The van der Waals surface area contributed by atoms with Gasteiger partial charge in [-0.2, -0.15) is 0 Å². The molecule has 0 bridgehead atoms. The highest BCUT2D eigenvalue weighted by Crippen LogP contribution is 2.23. The average molecular weight is 516 g/mol. The molecule has 1 amide bonds. The largest absolute Gasteiger partial charge is 0.508 e. The van der Waals surface area contributed by atoms with Crippen LogP contribution in [-0.2, 0) is 17.6 Å². The number of aliphatic carboxylic acids is 1. The maximum absolute atomic E-state index is 13.0. The monoisotopic (exact) mass is 515 g/mol. The number of carbonyl (C=O) groups excluding carboxylic acids is 1. The zero-order chi connectivity index (χ0) is 25.9. The minimum absolute atomic E-state index is 0.0304. The second-order valence-electron chi connectivity index (χ2n) is 8.65. The number of benzene rings is 2. The van der Waals surface area contributed by atoms with Crippen LogP contribution in [0.25, 0.3) is 16.8 Å². The Labute approximate surface area is 216 Å². The summed E-state index contributed by atoms with van der Waals surface area (Å²) in [6.07, 6.45) is 7.02. The van der Waals surface area contributed by atoms with Crippen molar-refractivity contribution in [3.63, 3.8) is 0 Å². The molecule has 0 aliphatic heterocycles. The minimum atomic E-state index is -1.20. The van der Waals surface area contributed by atoms with Gasteiger partial charge in [0.25, 0.3) is 5.91 Å². The number of pyridine rings is 1. The number of furan rings is 1. The number of phenols is 1. The lowest BCUT2D eigenvalue weighted by molar-refractivity contribution is -0.139. The molecule has 0 aliphatic carbocycles. The number of nitrogens with zero attached hydrogens (tertiary/aromatic N) is 2. The van der Waals surface area contributed by atoms with E-state index in [1.807, 2.05) is 24.4 Å². The Kier molecular flexibility index (Phi) is 6.66. The number of aromatic nitrogens is 2. The Hall–Kier alpha value is -4.56. The molecule has 0 saturated heterocycles. The van der Waals surface area contributed by atoms with Gasteiger partial charge in [-0.25, -0.2) is 9.78 Å². The minimum Gasteiger partial charge on any atom is -0.508 e. The fourth-order valence-corrected chi connectivity index (χ4v) is 4.28. The Bertz CT molecular complexity index is 1580. The summed E-state index contributed by atoms with van der Waals surface area (Å²) in [5.41, 5.74) is 4.83. The summed E-state index contributed by atoms with van der Waals surface area (Å²) in [5.74, 6) is -1.70. The van der Waals surface area contributed by atoms with Crippen LogP contribution < -0.4 is 5.32 Å². The van der Waals surface area contributed by atoms with E-state index in [4.69, 9.17) is 16.0 Å². The lowest BCUT2D eigenvalue weighted by atomic mass is 9.96. The molecule has 0 aliphatic rings. The number of carbonyl (C=O) groups is 2. The van der Waals surface area contributed by atoms with Crippen LogP contribution in [0.15, 0.2) is 90.0 Å². The van der Waals surface area contributed by atoms with E-state index in [2.05, 4.69) is 10.3 Å². The molecule has 3 aromatic heterocycles. The number of carboxylic acid groups (broad SMARTS) is 1. The number of rotatable bonds is 8. The quantitative estimate of drug-likeness (QED) is 0.268. The van der Waals surface area contributed by atoms with Crippen LogP contribution in [0.5, 0.6) is 5.75 Å². The molecule has 0 fully saturated rings. The van der Waals surface area contributed by atoms with E-state index in [9.17, 15) is 19.8 Å². The van der Waals surface area contributed by atoms with Crippen LogP contribution in [0.3, 0.4) is 0 Å². The van der Waals surface area contributed by atoms with Crippen molar-refractivity contribution in [1.29, 1.82) is 0 Å². The number of aromatic hydroxyl groups is 1. The highest BCUT2D eigenvalue weighted by Gasteiger charge is 2.24. The second kappa shape index (κ2) is 10.2. The first-order chi connectivity index (χ1) is 17.9. The summed E-state index contributed by atoms with van der Waals surface area (Å²) < 4.78 is 6.83. The number of halogens is 1. The van der Waals surface area contributed by atoms with Gasteiger partial charge in [0.05, 0.1) is 12.5 Å². The standard InChI is InChI=1S/C28H22ClN3O5/c29-22-5-1-18(2-6-22)20-4-8-26-30-25(15-32(26)14-20)27(34)31-24(28(35)36)13-19-3-7-23(33)12-21(19)11-17-9-10-37-16-17/h1-10,12,14-16,24,33H,11,13H2,(H,31,34)(H,35,36)/t24-/m0/s1. The van der Waals surface area contributed by atoms with Gasteiger partial charge in [0.2, 0.25) is 0 Å². The molecule has 186 valence electrons. The number of nitrogens with one attached hydrogen (secondary N) is 1. The third-order valence-corrected chi connectivity index (χ3v) is 6.31. The van der Waals surface area contributed by atoms with Gasteiger partial charge in [-0.05, 0) is 70.3 Å². The molecule has 0 saturated carbocycles. The molecule has 0 spiro atoms. The van der Waals surface area contributed by atoms with Gasteiger partial charge in [-0.3, -0.25) is 4.79 Å². The van der Waals surface area contributed by atoms with Crippen molar-refractivity contribution in [1.82, 2.24) is 14.7 Å². The summed E-state index contributed by atoms with van der Waals surface area (Å²) in [6, 6.07) is 16.4. The predicted octanol–water partition coefficient (Wildman–Crippen LogP) is 4.97. The molecule has 5 aromatic rings. The van der Waals surface area contributed by atoms with Crippen molar-refractivity contribution in [2.75, 3.05) is 0 Å². The van der Waals surface area contributed by atoms with Crippen molar-refractivity contribution >= 4 is 29.1 Å². The van der Waals surface area contributed by atoms with E-state index in [0.717, 1.165) is 22.3 Å². The molecule has 37 heavy (non-hydrogen) atoms. The Balaban J connectivity index is 1.35. The van der Waals surface area contributed by atoms with Crippen molar-refractivity contribution in [3.8, 4) is 16.9 Å². The van der Waals surface area contributed by atoms with Gasteiger partial charge in [-0.1, -0.05) is 29.8 Å².